The fourth-order valence-corrected chi connectivity index (χ4v) is 0.563. The highest BCUT2D eigenvalue weighted by molar-refractivity contribution is 8.04. The van der Waals surface area contributed by atoms with Crippen molar-refractivity contribution >= 4 is 28.6 Å². The Labute approximate surface area is 81.3 Å². The molecule has 1 heterocycles. The normalized spacial score (nSPS) is 15.5. The maximum atomic E-state index is 9.30. The van der Waals surface area contributed by atoms with E-state index in [-0.39, 0.29) is 0 Å². The first-order valence-corrected chi connectivity index (χ1v) is 6.62. The quantitative estimate of drug-likeness (QED) is 0.650. The van der Waals surface area contributed by atoms with Gasteiger partial charge in [-0.2, -0.15) is 0 Å². The van der Waals surface area contributed by atoms with Gasteiger partial charge in [0, 0.05) is 13.6 Å². The molecule has 1 N–H and O–H groups in total. The van der Waals surface area contributed by atoms with Crippen molar-refractivity contribution in [2.45, 2.75) is 0 Å². The predicted molar refractivity (Wildman–Crippen MR) is 52.4 cm³/mol. The number of likely N-dealkylation sites (N-methyl/N-ethyl adjacent to an activating group) is 1. The minimum Gasteiger partial charge on any atom is -0.377 e. The van der Waals surface area contributed by atoms with Crippen LogP contribution >= 0.6 is 28.6 Å². The third-order valence-electron chi connectivity index (χ3n) is 0.981. The van der Waals surface area contributed by atoms with E-state index in [1.807, 2.05) is 6.08 Å². The fraction of sp³-hybridized carbons (Fsp3) is 0.333. The number of halogens is 2. The second kappa shape index (κ2) is 5.65. The van der Waals surface area contributed by atoms with E-state index in [9.17, 15) is 4.57 Å². The number of hydrogen-bond donors (Lipinski definition) is 1. The lowest BCUT2D eigenvalue weighted by molar-refractivity contribution is 0.505. The van der Waals surface area contributed by atoms with E-state index in [4.69, 9.17) is 4.89 Å². The van der Waals surface area contributed by atoms with Gasteiger partial charge in [-0.3, -0.25) is 4.57 Å². The molecular formula is C6H10Cl2NO2P. The van der Waals surface area contributed by atoms with Gasteiger partial charge >= 0.3 is 6.07 Å². The Balaban J connectivity index is 0.000000217. The van der Waals surface area contributed by atoms with Crippen LogP contribution in [0.2, 0.25) is 0 Å². The molecule has 12 heavy (non-hydrogen) atoms. The van der Waals surface area contributed by atoms with Crippen LogP contribution in [0.15, 0.2) is 24.4 Å². The Morgan fingerprint density at radius 1 is 1.50 bits per heavy atom. The molecule has 0 aromatic heterocycles. The van der Waals surface area contributed by atoms with Crippen LogP contribution < -0.4 is 0 Å². The third kappa shape index (κ3) is 12.7. The van der Waals surface area contributed by atoms with Gasteiger partial charge in [0.2, 0.25) is 0 Å². The first-order valence-electron chi connectivity index (χ1n) is 3.15. The Morgan fingerprint density at radius 3 is 2.17 bits per heavy atom. The van der Waals surface area contributed by atoms with E-state index in [1.165, 1.54) is 0 Å². The summed E-state index contributed by atoms with van der Waals surface area (Å²) in [6.07, 6.45) is 4.57. The summed E-state index contributed by atoms with van der Waals surface area (Å²) in [5, 5.41) is 0. The van der Waals surface area contributed by atoms with Crippen LogP contribution in [0.3, 0.4) is 0 Å². The first-order chi connectivity index (χ1) is 5.39. The lowest BCUT2D eigenvalue weighted by Crippen LogP contribution is -2.11. The van der Waals surface area contributed by atoms with Crippen molar-refractivity contribution in [1.82, 2.24) is 4.90 Å². The second-order valence-electron chi connectivity index (χ2n) is 2.14. The van der Waals surface area contributed by atoms with E-state index in [1.54, 1.807) is 0 Å². The van der Waals surface area contributed by atoms with Crippen molar-refractivity contribution in [2.24, 2.45) is 0 Å². The lowest BCUT2D eigenvalue weighted by atomic mass is 10.4. The zero-order valence-corrected chi connectivity index (χ0v) is 8.93. The van der Waals surface area contributed by atoms with Crippen molar-refractivity contribution in [3.05, 3.63) is 24.4 Å². The largest absolute Gasteiger partial charge is 0.377 e. The number of rotatable bonds is 0. The standard InChI is InChI=1S/C6H9N.Cl2HO2P/c1-7-5-3-2-4-6-7;1-5(2,3)4/h2-5H,6H2,1H3;(H,3,4). The summed E-state index contributed by atoms with van der Waals surface area (Å²) in [7, 11) is 2.06. The highest BCUT2D eigenvalue weighted by Gasteiger charge is 2.02. The van der Waals surface area contributed by atoms with Crippen LogP contribution in [0.25, 0.3) is 0 Å². The molecule has 1 rings (SSSR count). The smallest absolute Gasteiger partial charge is 0.377 e. The number of allylic oxidation sites excluding steroid dienone is 2. The molecule has 0 aromatic carbocycles. The average molecular weight is 230 g/mol. The van der Waals surface area contributed by atoms with Crippen molar-refractivity contribution in [2.75, 3.05) is 13.6 Å². The zero-order chi connectivity index (χ0) is 9.61. The summed E-state index contributed by atoms with van der Waals surface area (Å²) < 4.78 is 9.30. The summed E-state index contributed by atoms with van der Waals surface area (Å²) in [6.45, 7) is 1.05. The topological polar surface area (TPSA) is 40.5 Å². The molecule has 0 aliphatic carbocycles. The molecule has 0 radical (unpaired) electrons. The summed E-state index contributed by atoms with van der Waals surface area (Å²) in [6, 6.07) is 0. The monoisotopic (exact) mass is 229 g/mol. The molecular weight excluding hydrogens is 220 g/mol. The molecule has 0 fully saturated rings. The van der Waals surface area contributed by atoms with Gasteiger partial charge in [0.25, 0.3) is 0 Å². The molecule has 0 atom stereocenters. The fourth-order valence-electron chi connectivity index (χ4n) is 0.563. The molecule has 1 aliphatic rings. The molecule has 0 unspecified atom stereocenters. The van der Waals surface area contributed by atoms with Gasteiger partial charge in [-0.1, -0.05) is 12.2 Å². The molecule has 0 spiro atoms. The Morgan fingerprint density at radius 2 is 2.00 bits per heavy atom. The van der Waals surface area contributed by atoms with Crippen LogP contribution in [0.1, 0.15) is 0 Å². The van der Waals surface area contributed by atoms with Crippen molar-refractivity contribution in [3.63, 3.8) is 0 Å². The van der Waals surface area contributed by atoms with Crippen LogP contribution in [0.5, 0.6) is 0 Å². The summed E-state index contributed by atoms with van der Waals surface area (Å²) >= 11 is 8.81. The van der Waals surface area contributed by atoms with E-state index >= 15 is 0 Å². The van der Waals surface area contributed by atoms with Gasteiger partial charge in [-0.05, 0) is 34.8 Å². The van der Waals surface area contributed by atoms with Gasteiger partial charge in [0.05, 0.1) is 0 Å². The molecule has 0 bridgehead atoms. The van der Waals surface area contributed by atoms with Crippen molar-refractivity contribution in [3.8, 4) is 0 Å². The van der Waals surface area contributed by atoms with Crippen LogP contribution in [-0.4, -0.2) is 23.4 Å². The van der Waals surface area contributed by atoms with Gasteiger partial charge < -0.3 is 9.79 Å². The highest BCUT2D eigenvalue weighted by atomic mass is 35.9. The van der Waals surface area contributed by atoms with E-state index in [0.717, 1.165) is 6.54 Å². The first kappa shape index (κ1) is 12.0. The predicted octanol–water partition coefficient (Wildman–Crippen LogP) is 2.57. The van der Waals surface area contributed by atoms with Crippen molar-refractivity contribution in [1.29, 1.82) is 0 Å². The second-order valence-corrected chi connectivity index (χ2v) is 6.28. The Bertz CT molecular complexity index is 215. The third-order valence-corrected chi connectivity index (χ3v) is 0.981. The van der Waals surface area contributed by atoms with E-state index in [0.29, 0.717) is 0 Å². The number of hydrogen-bond acceptors (Lipinski definition) is 2. The van der Waals surface area contributed by atoms with Gasteiger partial charge in [-0.15, -0.1) is 0 Å². The molecule has 0 saturated carbocycles. The molecule has 6 heteroatoms. The summed E-state index contributed by atoms with van der Waals surface area (Å²) in [4.78, 5) is 9.73. The van der Waals surface area contributed by atoms with E-state index < -0.39 is 6.07 Å². The van der Waals surface area contributed by atoms with Gasteiger partial charge in [0.15, 0.2) is 0 Å². The minimum atomic E-state index is -3.69. The Kier molecular flexibility index (Phi) is 5.68. The zero-order valence-electron chi connectivity index (χ0n) is 6.52. The molecule has 1 aliphatic heterocycles. The average Bonchev–Trinajstić information content (AvgIpc) is 1.85. The molecule has 0 amide bonds. The lowest BCUT2D eigenvalue weighted by Gasteiger charge is -2.11. The highest BCUT2D eigenvalue weighted by Crippen LogP contribution is 2.51. The van der Waals surface area contributed by atoms with Crippen molar-refractivity contribution < 1.29 is 9.46 Å². The Hall–Kier alpha value is 0.0500. The SMILES string of the molecule is CN1C=CC=CC1.O=P(O)(Cl)Cl. The van der Waals surface area contributed by atoms with Crippen LogP contribution in [0, 0.1) is 0 Å². The maximum Gasteiger partial charge on any atom is 0.377 e. The van der Waals surface area contributed by atoms with Gasteiger partial charge in [0.1, 0.15) is 0 Å². The summed E-state index contributed by atoms with van der Waals surface area (Å²) in [5.41, 5.74) is 0. The van der Waals surface area contributed by atoms with E-state index in [2.05, 4.69) is 52.8 Å². The van der Waals surface area contributed by atoms with Crippen LogP contribution in [-0.2, 0) is 4.57 Å². The molecule has 0 aromatic rings. The molecule has 0 saturated heterocycles. The number of nitrogens with zero attached hydrogens (tertiary/aromatic N) is 1. The molecule has 3 nitrogen and oxygen atoms in total. The van der Waals surface area contributed by atoms with Gasteiger partial charge in [-0.25, -0.2) is 0 Å². The minimum absolute atomic E-state index is 1.05. The maximum absolute atomic E-state index is 9.30. The molecule has 70 valence electrons. The summed E-state index contributed by atoms with van der Waals surface area (Å²) in [5.74, 6) is 0. The van der Waals surface area contributed by atoms with Crippen LogP contribution in [0.4, 0.5) is 0 Å².